The molecule has 134 valence electrons. The van der Waals surface area contributed by atoms with Crippen molar-refractivity contribution in [3.8, 4) is 17.2 Å². The molecule has 0 aliphatic rings. The SMILES string of the molecule is COc1ccc(-c2nc3ncccc3o2)cc1NC(=O)c1ccc(Br)cc1. The van der Waals surface area contributed by atoms with E-state index < -0.39 is 0 Å². The predicted octanol–water partition coefficient (Wildman–Crippen LogP) is 4.91. The molecule has 2 aromatic carbocycles. The highest BCUT2D eigenvalue weighted by Gasteiger charge is 2.14. The second-order valence-corrected chi connectivity index (χ2v) is 6.64. The minimum atomic E-state index is -0.239. The Kier molecular flexibility index (Phi) is 4.60. The average molecular weight is 424 g/mol. The summed E-state index contributed by atoms with van der Waals surface area (Å²) in [5.74, 6) is 0.723. The molecule has 1 N–H and O–H groups in total. The smallest absolute Gasteiger partial charge is 0.255 e. The van der Waals surface area contributed by atoms with Crippen molar-refractivity contribution in [2.45, 2.75) is 0 Å². The fraction of sp³-hybridized carbons (Fsp3) is 0.0500. The number of pyridine rings is 1. The van der Waals surface area contributed by atoms with Gasteiger partial charge in [-0.2, -0.15) is 4.98 Å². The van der Waals surface area contributed by atoms with E-state index in [-0.39, 0.29) is 5.91 Å². The first-order valence-corrected chi connectivity index (χ1v) is 8.90. The van der Waals surface area contributed by atoms with E-state index in [1.165, 1.54) is 0 Å². The van der Waals surface area contributed by atoms with Gasteiger partial charge in [0.2, 0.25) is 5.89 Å². The molecular formula is C20H14BrN3O3. The number of nitrogens with one attached hydrogen (secondary N) is 1. The number of amides is 1. The number of carbonyl (C=O) groups excluding carboxylic acids is 1. The fourth-order valence-corrected chi connectivity index (χ4v) is 2.89. The lowest BCUT2D eigenvalue weighted by Gasteiger charge is -2.11. The zero-order valence-corrected chi connectivity index (χ0v) is 15.9. The van der Waals surface area contributed by atoms with Gasteiger partial charge in [0, 0.05) is 21.8 Å². The molecule has 6 nitrogen and oxygen atoms in total. The zero-order chi connectivity index (χ0) is 18.8. The Labute approximate surface area is 163 Å². The number of fused-ring (bicyclic) bond motifs is 1. The van der Waals surface area contributed by atoms with Gasteiger partial charge in [0.15, 0.2) is 11.2 Å². The van der Waals surface area contributed by atoms with Crippen molar-refractivity contribution in [3.63, 3.8) is 0 Å². The minimum Gasteiger partial charge on any atom is -0.495 e. The number of oxazole rings is 1. The quantitative estimate of drug-likeness (QED) is 0.504. The van der Waals surface area contributed by atoms with E-state index in [0.717, 1.165) is 4.47 Å². The first-order chi connectivity index (χ1) is 13.1. The third-order valence-electron chi connectivity index (χ3n) is 3.97. The Morgan fingerprint density at radius 3 is 2.70 bits per heavy atom. The highest BCUT2D eigenvalue weighted by atomic mass is 79.9. The molecule has 2 aromatic heterocycles. The highest BCUT2D eigenvalue weighted by molar-refractivity contribution is 9.10. The van der Waals surface area contributed by atoms with Crippen molar-refractivity contribution >= 4 is 38.8 Å². The van der Waals surface area contributed by atoms with Crippen LogP contribution in [0.25, 0.3) is 22.7 Å². The number of halogens is 1. The number of nitrogens with zero attached hydrogens (tertiary/aromatic N) is 2. The topological polar surface area (TPSA) is 77.2 Å². The largest absolute Gasteiger partial charge is 0.495 e. The van der Waals surface area contributed by atoms with Crippen LogP contribution in [0.3, 0.4) is 0 Å². The van der Waals surface area contributed by atoms with Gasteiger partial charge in [-0.1, -0.05) is 15.9 Å². The molecule has 0 aliphatic carbocycles. The van der Waals surface area contributed by atoms with Gasteiger partial charge in [0.25, 0.3) is 5.91 Å². The minimum absolute atomic E-state index is 0.239. The standard InChI is InChI=1S/C20H14BrN3O3/c1-26-16-9-6-13(20-24-18-17(27-20)3-2-10-22-18)11-15(16)23-19(25)12-4-7-14(21)8-5-12/h2-11H,1H3,(H,23,25). The van der Waals surface area contributed by atoms with Gasteiger partial charge in [0.1, 0.15) is 5.75 Å². The zero-order valence-electron chi connectivity index (χ0n) is 14.3. The average Bonchev–Trinajstić information content (AvgIpc) is 3.12. The van der Waals surface area contributed by atoms with Crippen molar-refractivity contribution in [1.29, 1.82) is 0 Å². The number of methoxy groups -OCH3 is 1. The maximum absolute atomic E-state index is 12.6. The van der Waals surface area contributed by atoms with Crippen LogP contribution in [0.5, 0.6) is 5.75 Å². The van der Waals surface area contributed by atoms with Gasteiger partial charge in [-0.05, 0) is 54.6 Å². The molecule has 2 heterocycles. The van der Waals surface area contributed by atoms with Crippen molar-refractivity contribution in [2.24, 2.45) is 0 Å². The number of aromatic nitrogens is 2. The van der Waals surface area contributed by atoms with Gasteiger partial charge in [-0.25, -0.2) is 4.98 Å². The summed E-state index contributed by atoms with van der Waals surface area (Å²) in [5, 5.41) is 2.88. The molecule has 27 heavy (non-hydrogen) atoms. The van der Waals surface area contributed by atoms with Crippen LogP contribution in [0.2, 0.25) is 0 Å². The number of hydrogen-bond donors (Lipinski definition) is 1. The molecule has 0 saturated carbocycles. The molecule has 0 aliphatic heterocycles. The van der Waals surface area contributed by atoms with Gasteiger partial charge in [-0.15, -0.1) is 0 Å². The Balaban J connectivity index is 1.68. The normalized spacial score (nSPS) is 10.7. The maximum Gasteiger partial charge on any atom is 0.255 e. The first kappa shape index (κ1) is 17.2. The van der Waals surface area contributed by atoms with Gasteiger partial charge < -0.3 is 14.5 Å². The molecule has 0 saturated heterocycles. The van der Waals surface area contributed by atoms with E-state index in [0.29, 0.717) is 39.7 Å². The third-order valence-corrected chi connectivity index (χ3v) is 4.49. The van der Waals surface area contributed by atoms with Crippen LogP contribution in [0.1, 0.15) is 10.4 Å². The summed E-state index contributed by atoms with van der Waals surface area (Å²) in [7, 11) is 1.55. The molecule has 4 aromatic rings. The van der Waals surface area contributed by atoms with E-state index in [9.17, 15) is 4.79 Å². The first-order valence-electron chi connectivity index (χ1n) is 8.11. The van der Waals surface area contributed by atoms with Crippen LogP contribution in [-0.4, -0.2) is 23.0 Å². The summed E-state index contributed by atoms with van der Waals surface area (Å²) >= 11 is 3.36. The summed E-state index contributed by atoms with van der Waals surface area (Å²) < 4.78 is 12.0. The Morgan fingerprint density at radius 2 is 1.96 bits per heavy atom. The summed E-state index contributed by atoms with van der Waals surface area (Å²) in [4.78, 5) is 21.1. The summed E-state index contributed by atoms with van der Waals surface area (Å²) in [5.41, 5.74) is 2.90. The van der Waals surface area contributed by atoms with E-state index in [2.05, 4.69) is 31.2 Å². The van der Waals surface area contributed by atoms with Crippen molar-refractivity contribution < 1.29 is 13.9 Å². The number of hydrogen-bond acceptors (Lipinski definition) is 5. The maximum atomic E-state index is 12.6. The van der Waals surface area contributed by atoms with Crippen LogP contribution in [0.15, 0.2) is 69.7 Å². The fourth-order valence-electron chi connectivity index (χ4n) is 2.63. The molecular weight excluding hydrogens is 410 g/mol. The Morgan fingerprint density at radius 1 is 1.15 bits per heavy atom. The van der Waals surface area contributed by atoms with Crippen molar-refractivity contribution in [1.82, 2.24) is 9.97 Å². The van der Waals surface area contributed by atoms with Crippen LogP contribution < -0.4 is 10.1 Å². The lowest BCUT2D eigenvalue weighted by molar-refractivity contribution is 0.102. The molecule has 0 atom stereocenters. The number of rotatable bonds is 4. The van der Waals surface area contributed by atoms with Crippen molar-refractivity contribution in [2.75, 3.05) is 12.4 Å². The molecule has 4 rings (SSSR count). The Hall–Kier alpha value is -3.19. The van der Waals surface area contributed by atoms with Gasteiger partial charge in [0.05, 0.1) is 12.8 Å². The summed E-state index contributed by atoms with van der Waals surface area (Å²) in [6.07, 6.45) is 1.66. The molecule has 0 fully saturated rings. The highest BCUT2D eigenvalue weighted by Crippen LogP contribution is 2.32. The summed E-state index contributed by atoms with van der Waals surface area (Å²) in [6, 6.07) is 16.0. The van der Waals surface area contributed by atoms with Crippen molar-refractivity contribution in [3.05, 3.63) is 70.8 Å². The molecule has 7 heteroatoms. The van der Waals surface area contributed by atoms with Crippen LogP contribution in [0.4, 0.5) is 5.69 Å². The number of benzene rings is 2. The van der Waals surface area contributed by atoms with Crippen LogP contribution in [0, 0.1) is 0 Å². The van der Waals surface area contributed by atoms with Crippen LogP contribution >= 0.6 is 15.9 Å². The second-order valence-electron chi connectivity index (χ2n) is 5.72. The molecule has 1 amide bonds. The summed E-state index contributed by atoms with van der Waals surface area (Å²) in [6.45, 7) is 0. The Bertz CT molecular complexity index is 1090. The van der Waals surface area contributed by atoms with E-state index >= 15 is 0 Å². The van der Waals surface area contributed by atoms with Gasteiger partial charge >= 0.3 is 0 Å². The third kappa shape index (κ3) is 3.54. The van der Waals surface area contributed by atoms with E-state index in [1.54, 1.807) is 49.7 Å². The number of anilines is 1. The van der Waals surface area contributed by atoms with E-state index in [1.807, 2.05) is 18.2 Å². The van der Waals surface area contributed by atoms with Gasteiger partial charge in [-0.3, -0.25) is 4.79 Å². The van der Waals surface area contributed by atoms with Crippen LogP contribution in [-0.2, 0) is 0 Å². The number of ether oxygens (including phenoxy) is 1. The molecule has 0 bridgehead atoms. The monoisotopic (exact) mass is 423 g/mol. The molecule has 0 spiro atoms. The lowest BCUT2D eigenvalue weighted by Crippen LogP contribution is -2.12. The molecule has 0 radical (unpaired) electrons. The predicted molar refractivity (Wildman–Crippen MR) is 106 cm³/mol. The molecule has 0 unspecified atom stereocenters. The lowest BCUT2D eigenvalue weighted by atomic mass is 10.1. The number of carbonyl (C=O) groups is 1. The van der Waals surface area contributed by atoms with E-state index in [4.69, 9.17) is 9.15 Å². The second kappa shape index (κ2) is 7.20.